The van der Waals surface area contributed by atoms with Crippen LogP contribution in [0.2, 0.25) is 0 Å². The molecule has 0 saturated carbocycles. The normalized spacial score (nSPS) is 12.2. The van der Waals surface area contributed by atoms with Crippen LogP contribution in [0.25, 0.3) is 0 Å². The molecule has 0 saturated heterocycles. The number of nitrogens with one attached hydrogen (secondary N) is 1. The molecule has 0 aromatic heterocycles. The van der Waals surface area contributed by atoms with E-state index in [0.29, 0.717) is 6.42 Å². The molecular formula is C13H18BrNO. The van der Waals surface area contributed by atoms with Gasteiger partial charge in [-0.05, 0) is 31.0 Å². The first-order chi connectivity index (χ1) is 7.63. The van der Waals surface area contributed by atoms with Crippen molar-refractivity contribution in [1.82, 2.24) is 5.32 Å². The number of rotatable bonds is 5. The second kappa shape index (κ2) is 6.69. The summed E-state index contributed by atoms with van der Waals surface area (Å²) in [6, 6.07) is 8.11. The molecule has 1 aromatic carbocycles. The van der Waals surface area contributed by atoms with E-state index in [-0.39, 0.29) is 11.9 Å². The van der Waals surface area contributed by atoms with Gasteiger partial charge in [0.2, 0.25) is 5.91 Å². The highest BCUT2D eigenvalue weighted by molar-refractivity contribution is 9.10. The topological polar surface area (TPSA) is 29.1 Å². The van der Waals surface area contributed by atoms with Crippen molar-refractivity contribution in [1.29, 1.82) is 0 Å². The van der Waals surface area contributed by atoms with Crippen molar-refractivity contribution >= 4 is 21.8 Å². The lowest BCUT2D eigenvalue weighted by Crippen LogP contribution is -2.26. The number of amides is 1. The van der Waals surface area contributed by atoms with E-state index in [1.807, 2.05) is 31.2 Å². The summed E-state index contributed by atoms with van der Waals surface area (Å²) < 4.78 is 1.06. The summed E-state index contributed by atoms with van der Waals surface area (Å²) in [6.07, 6.45) is 2.64. The molecule has 0 spiro atoms. The Hall–Kier alpha value is -0.830. The maximum atomic E-state index is 11.5. The summed E-state index contributed by atoms with van der Waals surface area (Å²) in [5, 5.41) is 3.00. The molecule has 3 heteroatoms. The van der Waals surface area contributed by atoms with Gasteiger partial charge in [-0.25, -0.2) is 0 Å². The second-order valence-electron chi connectivity index (χ2n) is 3.94. The van der Waals surface area contributed by atoms with Crippen molar-refractivity contribution in [3.63, 3.8) is 0 Å². The van der Waals surface area contributed by atoms with Gasteiger partial charge in [-0.1, -0.05) is 41.4 Å². The molecule has 0 unspecified atom stereocenters. The molecular weight excluding hydrogens is 266 g/mol. The Morgan fingerprint density at radius 3 is 2.56 bits per heavy atom. The number of carbonyl (C=O) groups excluding carboxylic acids is 1. The minimum Gasteiger partial charge on any atom is -0.350 e. The molecule has 0 bridgehead atoms. The predicted octanol–water partition coefficient (Wildman–Crippen LogP) is 3.82. The van der Waals surface area contributed by atoms with Crippen LogP contribution in [0.1, 0.15) is 44.7 Å². The van der Waals surface area contributed by atoms with Crippen molar-refractivity contribution in [2.45, 2.75) is 39.2 Å². The lowest BCUT2D eigenvalue weighted by Gasteiger charge is -2.14. The molecule has 1 amide bonds. The zero-order chi connectivity index (χ0) is 12.0. The molecule has 0 fully saturated rings. The van der Waals surface area contributed by atoms with Gasteiger partial charge in [0.05, 0.1) is 6.04 Å². The molecule has 0 aliphatic carbocycles. The van der Waals surface area contributed by atoms with E-state index >= 15 is 0 Å². The summed E-state index contributed by atoms with van der Waals surface area (Å²) in [7, 11) is 0. The Bertz CT molecular complexity index is 334. The summed E-state index contributed by atoms with van der Waals surface area (Å²) in [4.78, 5) is 11.5. The maximum absolute atomic E-state index is 11.5. The molecule has 0 aliphatic rings. The maximum Gasteiger partial charge on any atom is 0.220 e. The number of unbranched alkanes of at least 4 members (excludes halogenated alkanes) is 1. The van der Waals surface area contributed by atoms with Gasteiger partial charge >= 0.3 is 0 Å². The van der Waals surface area contributed by atoms with E-state index in [4.69, 9.17) is 0 Å². The van der Waals surface area contributed by atoms with Gasteiger partial charge in [0.15, 0.2) is 0 Å². The fourth-order valence-electron chi connectivity index (χ4n) is 1.49. The van der Waals surface area contributed by atoms with E-state index in [1.54, 1.807) is 0 Å². The van der Waals surface area contributed by atoms with E-state index in [2.05, 4.69) is 28.2 Å². The van der Waals surface area contributed by atoms with E-state index in [1.165, 1.54) is 0 Å². The zero-order valence-electron chi connectivity index (χ0n) is 9.79. The molecule has 1 rings (SSSR count). The SMILES string of the molecule is CCCCC(=O)N[C@H](C)c1ccc(Br)cc1. The fraction of sp³-hybridized carbons (Fsp3) is 0.462. The summed E-state index contributed by atoms with van der Waals surface area (Å²) in [6.45, 7) is 4.10. The Balaban J connectivity index is 2.48. The van der Waals surface area contributed by atoms with E-state index < -0.39 is 0 Å². The van der Waals surface area contributed by atoms with Crippen LogP contribution in [-0.4, -0.2) is 5.91 Å². The first-order valence-electron chi connectivity index (χ1n) is 5.68. The van der Waals surface area contributed by atoms with Crippen molar-refractivity contribution in [2.24, 2.45) is 0 Å². The molecule has 88 valence electrons. The lowest BCUT2D eigenvalue weighted by molar-refractivity contribution is -0.121. The number of halogens is 1. The highest BCUT2D eigenvalue weighted by Crippen LogP contribution is 2.16. The molecule has 2 nitrogen and oxygen atoms in total. The van der Waals surface area contributed by atoms with Gasteiger partial charge < -0.3 is 5.32 Å². The smallest absolute Gasteiger partial charge is 0.220 e. The number of carbonyl (C=O) groups is 1. The van der Waals surface area contributed by atoms with Crippen LogP contribution in [0.15, 0.2) is 28.7 Å². The third kappa shape index (κ3) is 4.35. The van der Waals surface area contributed by atoms with Gasteiger partial charge in [0.25, 0.3) is 0 Å². The van der Waals surface area contributed by atoms with Crippen molar-refractivity contribution in [3.05, 3.63) is 34.3 Å². The van der Waals surface area contributed by atoms with E-state index in [0.717, 1.165) is 22.9 Å². The summed E-state index contributed by atoms with van der Waals surface area (Å²) in [5.41, 5.74) is 1.13. The average molecular weight is 284 g/mol. The molecule has 1 atom stereocenters. The van der Waals surface area contributed by atoms with Crippen LogP contribution < -0.4 is 5.32 Å². The monoisotopic (exact) mass is 283 g/mol. The minimum atomic E-state index is 0.0810. The minimum absolute atomic E-state index is 0.0810. The fourth-order valence-corrected chi connectivity index (χ4v) is 1.75. The highest BCUT2D eigenvalue weighted by atomic mass is 79.9. The number of benzene rings is 1. The Morgan fingerprint density at radius 1 is 1.38 bits per heavy atom. The van der Waals surface area contributed by atoms with Crippen molar-refractivity contribution in [2.75, 3.05) is 0 Å². The van der Waals surface area contributed by atoms with Crippen LogP contribution in [0.4, 0.5) is 0 Å². The second-order valence-corrected chi connectivity index (χ2v) is 4.86. The average Bonchev–Trinajstić information content (AvgIpc) is 2.27. The highest BCUT2D eigenvalue weighted by Gasteiger charge is 2.08. The first kappa shape index (κ1) is 13.2. The van der Waals surface area contributed by atoms with Crippen LogP contribution in [0.5, 0.6) is 0 Å². The van der Waals surface area contributed by atoms with Crippen molar-refractivity contribution in [3.8, 4) is 0 Å². The quantitative estimate of drug-likeness (QED) is 0.875. The summed E-state index contributed by atoms with van der Waals surface area (Å²) in [5.74, 6) is 0.136. The molecule has 0 aliphatic heterocycles. The van der Waals surface area contributed by atoms with Gasteiger partial charge in [-0.3, -0.25) is 4.79 Å². The summed E-state index contributed by atoms with van der Waals surface area (Å²) >= 11 is 3.39. The van der Waals surface area contributed by atoms with Crippen LogP contribution >= 0.6 is 15.9 Å². The molecule has 0 heterocycles. The van der Waals surface area contributed by atoms with E-state index in [9.17, 15) is 4.79 Å². The standard InChI is InChI=1S/C13H18BrNO/c1-3-4-5-13(16)15-10(2)11-6-8-12(14)9-7-11/h6-10H,3-5H2,1-2H3,(H,15,16)/t10-/m1/s1. The first-order valence-corrected chi connectivity index (χ1v) is 6.47. The van der Waals surface area contributed by atoms with Gasteiger partial charge in [-0.2, -0.15) is 0 Å². The Morgan fingerprint density at radius 2 is 2.00 bits per heavy atom. The molecule has 1 N–H and O–H groups in total. The van der Waals surface area contributed by atoms with Gasteiger partial charge in [-0.15, -0.1) is 0 Å². The number of hydrogen-bond donors (Lipinski definition) is 1. The van der Waals surface area contributed by atoms with Crippen LogP contribution in [-0.2, 0) is 4.79 Å². The van der Waals surface area contributed by atoms with Crippen LogP contribution in [0.3, 0.4) is 0 Å². The van der Waals surface area contributed by atoms with Gasteiger partial charge in [0, 0.05) is 10.9 Å². The molecule has 0 radical (unpaired) electrons. The Kier molecular flexibility index (Phi) is 5.53. The lowest BCUT2D eigenvalue weighted by atomic mass is 10.1. The largest absolute Gasteiger partial charge is 0.350 e. The number of hydrogen-bond acceptors (Lipinski definition) is 1. The molecule has 1 aromatic rings. The van der Waals surface area contributed by atoms with Gasteiger partial charge in [0.1, 0.15) is 0 Å². The predicted molar refractivity (Wildman–Crippen MR) is 70.2 cm³/mol. The zero-order valence-corrected chi connectivity index (χ0v) is 11.4. The molecule has 16 heavy (non-hydrogen) atoms. The third-order valence-corrected chi connectivity index (χ3v) is 3.03. The van der Waals surface area contributed by atoms with Crippen LogP contribution in [0, 0.1) is 0 Å². The third-order valence-electron chi connectivity index (χ3n) is 2.50. The van der Waals surface area contributed by atoms with Crippen molar-refractivity contribution < 1.29 is 4.79 Å². The Labute approximate surface area is 106 Å².